The molecule has 0 aliphatic rings. The molecule has 2 aromatic carbocycles. The number of amides is 1. The summed E-state index contributed by atoms with van der Waals surface area (Å²) in [6.07, 6.45) is -1.12. The van der Waals surface area contributed by atoms with Gasteiger partial charge in [-0.2, -0.15) is 0 Å². The molecule has 0 unspecified atom stereocenters. The lowest BCUT2D eigenvalue weighted by atomic mass is 10.2. The van der Waals surface area contributed by atoms with E-state index in [2.05, 4.69) is 5.32 Å². The van der Waals surface area contributed by atoms with Crippen molar-refractivity contribution in [1.82, 2.24) is 0 Å². The highest BCUT2D eigenvalue weighted by atomic mass is 35.5. The Labute approximate surface area is 154 Å². The lowest BCUT2D eigenvalue weighted by Gasteiger charge is -2.15. The van der Waals surface area contributed by atoms with Crippen LogP contribution in [0.1, 0.15) is 17.3 Å². The van der Waals surface area contributed by atoms with Crippen molar-refractivity contribution in [2.75, 3.05) is 19.5 Å². The summed E-state index contributed by atoms with van der Waals surface area (Å²) < 4.78 is 28.4. The Morgan fingerprint density at radius 2 is 1.85 bits per heavy atom. The smallest absolute Gasteiger partial charge is 0.342 e. The summed E-state index contributed by atoms with van der Waals surface area (Å²) in [5.74, 6) is -1.12. The van der Waals surface area contributed by atoms with Gasteiger partial charge in [-0.05, 0) is 37.3 Å². The molecule has 0 aliphatic heterocycles. The molecule has 2 rings (SSSR count). The van der Waals surface area contributed by atoms with E-state index >= 15 is 0 Å². The molecule has 0 saturated carbocycles. The van der Waals surface area contributed by atoms with Crippen LogP contribution in [-0.4, -0.2) is 32.2 Å². The van der Waals surface area contributed by atoms with Crippen molar-refractivity contribution in [2.24, 2.45) is 0 Å². The quantitative estimate of drug-likeness (QED) is 0.773. The summed E-state index contributed by atoms with van der Waals surface area (Å²) in [7, 11) is 2.89. The molecule has 0 radical (unpaired) electrons. The van der Waals surface area contributed by atoms with E-state index in [0.717, 1.165) is 12.1 Å². The van der Waals surface area contributed by atoms with Crippen molar-refractivity contribution in [2.45, 2.75) is 13.0 Å². The molecule has 26 heavy (non-hydrogen) atoms. The van der Waals surface area contributed by atoms with E-state index in [4.69, 9.17) is 25.8 Å². The summed E-state index contributed by atoms with van der Waals surface area (Å²) in [4.78, 5) is 24.5. The first kappa shape index (κ1) is 19.5. The average molecular weight is 382 g/mol. The second kappa shape index (κ2) is 8.53. The highest BCUT2D eigenvalue weighted by molar-refractivity contribution is 6.33. The number of carbonyl (C=O) groups is 2. The van der Waals surface area contributed by atoms with Crippen LogP contribution in [0.2, 0.25) is 5.02 Å². The molecule has 0 bridgehead atoms. The molecule has 2 aromatic rings. The topological polar surface area (TPSA) is 73.9 Å². The molecule has 0 aromatic heterocycles. The maximum atomic E-state index is 13.0. The Balaban J connectivity index is 2.07. The van der Waals surface area contributed by atoms with Gasteiger partial charge in [0.1, 0.15) is 22.9 Å². The molecular weight excluding hydrogens is 365 g/mol. The van der Waals surface area contributed by atoms with Gasteiger partial charge in [0, 0.05) is 6.07 Å². The number of hydrogen-bond donors (Lipinski definition) is 1. The number of anilines is 1. The van der Waals surface area contributed by atoms with Crippen LogP contribution in [-0.2, 0) is 9.53 Å². The highest BCUT2D eigenvalue weighted by Crippen LogP contribution is 2.26. The predicted molar refractivity (Wildman–Crippen MR) is 94.5 cm³/mol. The van der Waals surface area contributed by atoms with Crippen LogP contribution in [0, 0.1) is 5.82 Å². The Hall–Kier alpha value is -2.80. The molecule has 0 fully saturated rings. The van der Waals surface area contributed by atoms with Crippen LogP contribution in [0.3, 0.4) is 0 Å². The van der Waals surface area contributed by atoms with Gasteiger partial charge in [0.2, 0.25) is 0 Å². The van der Waals surface area contributed by atoms with Gasteiger partial charge in [-0.25, -0.2) is 9.18 Å². The van der Waals surface area contributed by atoms with E-state index in [1.54, 1.807) is 6.07 Å². The number of methoxy groups -OCH3 is 2. The number of nitrogens with one attached hydrogen (secondary N) is 1. The van der Waals surface area contributed by atoms with Crippen molar-refractivity contribution in [3.8, 4) is 11.5 Å². The molecule has 0 spiro atoms. The van der Waals surface area contributed by atoms with Gasteiger partial charge in [-0.15, -0.1) is 0 Å². The number of benzene rings is 2. The van der Waals surface area contributed by atoms with Crippen LogP contribution in [0.15, 0.2) is 36.4 Å². The fourth-order valence-electron chi connectivity index (χ4n) is 2.07. The second-order valence-corrected chi connectivity index (χ2v) is 5.63. The van der Waals surface area contributed by atoms with Crippen LogP contribution in [0.4, 0.5) is 10.1 Å². The molecule has 8 heteroatoms. The van der Waals surface area contributed by atoms with Gasteiger partial charge in [-0.1, -0.05) is 11.6 Å². The van der Waals surface area contributed by atoms with E-state index in [0.29, 0.717) is 5.75 Å². The van der Waals surface area contributed by atoms with E-state index in [-0.39, 0.29) is 22.0 Å². The minimum absolute atomic E-state index is 0.0358. The van der Waals surface area contributed by atoms with Gasteiger partial charge >= 0.3 is 5.97 Å². The summed E-state index contributed by atoms with van der Waals surface area (Å²) in [6.45, 7) is 1.40. The number of halogens is 2. The first-order valence-corrected chi connectivity index (χ1v) is 7.92. The minimum Gasteiger partial charge on any atom is -0.497 e. The van der Waals surface area contributed by atoms with Crippen molar-refractivity contribution in [3.63, 3.8) is 0 Å². The fraction of sp³-hybridized carbons (Fsp3) is 0.222. The van der Waals surface area contributed by atoms with Gasteiger partial charge in [0.05, 0.1) is 24.9 Å². The molecule has 1 N–H and O–H groups in total. The van der Waals surface area contributed by atoms with Crippen LogP contribution < -0.4 is 14.8 Å². The predicted octanol–water partition coefficient (Wildman–Crippen LogP) is 3.68. The van der Waals surface area contributed by atoms with Crippen molar-refractivity contribution < 1.29 is 28.2 Å². The summed E-state index contributed by atoms with van der Waals surface area (Å²) >= 11 is 5.86. The van der Waals surface area contributed by atoms with Gasteiger partial charge < -0.3 is 19.5 Å². The van der Waals surface area contributed by atoms with Crippen LogP contribution in [0.25, 0.3) is 0 Å². The Kier molecular flexibility index (Phi) is 6.41. The first-order chi connectivity index (χ1) is 12.3. The normalized spacial score (nSPS) is 11.4. The van der Waals surface area contributed by atoms with E-state index in [1.165, 1.54) is 39.3 Å². The summed E-state index contributed by atoms with van der Waals surface area (Å²) in [5.41, 5.74) is 0.357. The third-order valence-electron chi connectivity index (χ3n) is 3.47. The van der Waals surface area contributed by atoms with Gasteiger partial charge in [0.15, 0.2) is 6.10 Å². The first-order valence-electron chi connectivity index (χ1n) is 7.54. The zero-order valence-corrected chi connectivity index (χ0v) is 15.1. The SMILES string of the molecule is COc1ccc(C(=O)O[C@@H](C)C(=O)Nc2ccc(F)cc2Cl)c(OC)c1. The summed E-state index contributed by atoms with van der Waals surface area (Å²) in [6, 6.07) is 8.11. The number of ether oxygens (including phenoxy) is 3. The molecule has 0 aliphatic carbocycles. The molecule has 1 atom stereocenters. The lowest BCUT2D eigenvalue weighted by Crippen LogP contribution is -2.30. The largest absolute Gasteiger partial charge is 0.497 e. The van der Waals surface area contributed by atoms with Crippen molar-refractivity contribution in [3.05, 3.63) is 52.8 Å². The van der Waals surface area contributed by atoms with E-state index in [9.17, 15) is 14.0 Å². The molecule has 6 nitrogen and oxygen atoms in total. The Morgan fingerprint density at radius 3 is 2.46 bits per heavy atom. The van der Waals surface area contributed by atoms with Crippen LogP contribution >= 0.6 is 11.6 Å². The monoisotopic (exact) mass is 381 g/mol. The van der Waals surface area contributed by atoms with E-state index in [1.807, 2.05) is 0 Å². The maximum absolute atomic E-state index is 13.0. The van der Waals surface area contributed by atoms with Crippen molar-refractivity contribution >= 4 is 29.2 Å². The van der Waals surface area contributed by atoms with Crippen molar-refractivity contribution in [1.29, 1.82) is 0 Å². The molecule has 1 amide bonds. The fourth-order valence-corrected chi connectivity index (χ4v) is 2.28. The molecule has 138 valence electrons. The second-order valence-electron chi connectivity index (χ2n) is 5.23. The standard InChI is InChI=1S/C18H17ClFNO5/c1-10(17(22)21-15-7-4-11(20)8-14(15)19)26-18(23)13-6-5-12(24-2)9-16(13)25-3/h4-10H,1-3H3,(H,21,22)/t10-/m0/s1. The van der Waals surface area contributed by atoms with Gasteiger partial charge in [-0.3, -0.25) is 4.79 Å². The number of esters is 1. The molecule has 0 heterocycles. The number of carbonyl (C=O) groups excluding carboxylic acids is 2. The third-order valence-corrected chi connectivity index (χ3v) is 3.78. The zero-order chi connectivity index (χ0) is 19.3. The zero-order valence-electron chi connectivity index (χ0n) is 14.3. The lowest BCUT2D eigenvalue weighted by molar-refractivity contribution is -0.123. The Morgan fingerprint density at radius 1 is 1.12 bits per heavy atom. The van der Waals surface area contributed by atoms with Crippen LogP contribution in [0.5, 0.6) is 11.5 Å². The maximum Gasteiger partial charge on any atom is 0.342 e. The highest BCUT2D eigenvalue weighted by Gasteiger charge is 2.22. The molecular formula is C18H17ClFNO5. The summed E-state index contributed by atoms with van der Waals surface area (Å²) in [5, 5.41) is 2.51. The Bertz CT molecular complexity index is 827. The molecule has 0 saturated heterocycles. The third kappa shape index (κ3) is 4.64. The minimum atomic E-state index is -1.12. The average Bonchev–Trinajstić information content (AvgIpc) is 2.63. The van der Waals surface area contributed by atoms with E-state index < -0.39 is 23.8 Å². The number of rotatable bonds is 6. The van der Waals surface area contributed by atoms with Gasteiger partial charge in [0.25, 0.3) is 5.91 Å². The number of hydrogen-bond acceptors (Lipinski definition) is 5.